The fourth-order valence-corrected chi connectivity index (χ4v) is 3.47. The van der Waals surface area contributed by atoms with Crippen LogP contribution in [-0.4, -0.2) is 47.9 Å². The molecule has 13 heavy (non-hydrogen) atoms. The second-order valence-electron chi connectivity index (χ2n) is 3.07. The van der Waals surface area contributed by atoms with Gasteiger partial charge in [0.15, 0.2) is 0 Å². The van der Waals surface area contributed by atoms with Crippen LogP contribution in [0.25, 0.3) is 0 Å². The van der Waals surface area contributed by atoms with Crippen molar-refractivity contribution in [1.82, 2.24) is 5.32 Å². The maximum absolute atomic E-state index is 10.9. The smallest absolute Gasteiger partial charge is 0.269 e. The molecule has 7 heteroatoms. The van der Waals surface area contributed by atoms with Crippen LogP contribution < -0.4 is 5.32 Å². The van der Waals surface area contributed by atoms with E-state index in [1.54, 1.807) is 0 Å². The van der Waals surface area contributed by atoms with Crippen molar-refractivity contribution in [3.8, 4) is 0 Å². The lowest BCUT2D eigenvalue weighted by atomic mass is 9.99. The lowest BCUT2D eigenvalue weighted by Gasteiger charge is -2.32. The van der Waals surface area contributed by atoms with E-state index >= 15 is 0 Å². The molecule has 1 saturated heterocycles. The zero-order valence-corrected chi connectivity index (χ0v) is 9.25. The lowest BCUT2D eigenvalue weighted by molar-refractivity contribution is 0.200. The Labute approximate surface area is 85.4 Å². The Kier molecular flexibility index (Phi) is 3.70. The van der Waals surface area contributed by atoms with Gasteiger partial charge in [-0.25, -0.2) is 0 Å². The van der Waals surface area contributed by atoms with Crippen molar-refractivity contribution in [2.24, 2.45) is 5.92 Å². The number of nitrogens with one attached hydrogen (secondary N) is 1. The van der Waals surface area contributed by atoms with Crippen LogP contribution >= 0.6 is 15.9 Å². The normalized spacial score (nSPS) is 36.1. The van der Waals surface area contributed by atoms with Crippen molar-refractivity contribution in [3.63, 3.8) is 0 Å². The zero-order chi connectivity index (χ0) is 10.1. The lowest BCUT2D eigenvalue weighted by Crippen LogP contribution is -2.52. The SMILES string of the molecule is O=S(=O)(O)C1CNCC(Br)C1CO. The Morgan fingerprint density at radius 3 is 2.46 bits per heavy atom. The fourth-order valence-electron chi connectivity index (χ4n) is 1.46. The summed E-state index contributed by atoms with van der Waals surface area (Å²) >= 11 is 3.25. The van der Waals surface area contributed by atoms with Crippen LogP contribution in [0.2, 0.25) is 0 Å². The highest BCUT2D eigenvalue weighted by molar-refractivity contribution is 9.09. The monoisotopic (exact) mass is 273 g/mol. The van der Waals surface area contributed by atoms with Crippen LogP contribution in [-0.2, 0) is 10.1 Å². The molecule has 0 saturated carbocycles. The quantitative estimate of drug-likeness (QED) is 0.454. The zero-order valence-electron chi connectivity index (χ0n) is 6.85. The van der Waals surface area contributed by atoms with Crippen molar-refractivity contribution in [3.05, 3.63) is 0 Å². The molecule has 3 atom stereocenters. The molecule has 0 bridgehead atoms. The second kappa shape index (κ2) is 4.22. The largest absolute Gasteiger partial charge is 0.396 e. The standard InChI is InChI=1S/C6H12BrNO4S/c7-5-1-8-2-6(4(5)3-9)13(10,11)12/h4-6,8-9H,1-3H2,(H,10,11,12). The number of hydrogen-bond donors (Lipinski definition) is 3. The molecule has 0 aliphatic carbocycles. The highest BCUT2D eigenvalue weighted by Gasteiger charge is 2.38. The van der Waals surface area contributed by atoms with Gasteiger partial charge in [-0.15, -0.1) is 0 Å². The first-order chi connectivity index (χ1) is 5.96. The molecule has 1 rings (SSSR count). The van der Waals surface area contributed by atoms with Crippen LogP contribution in [0.1, 0.15) is 0 Å². The summed E-state index contributed by atoms with van der Waals surface area (Å²) in [5, 5.41) is 10.9. The van der Waals surface area contributed by atoms with Crippen molar-refractivity contribution >= 4 is 26.0 Å². The van der Waals surface area contributed by atoms with Crippen LogP contribution in [0.15, 0.2) is 0 Å². The van der Waals surface area contributed by atoms with E-state index in [0.29, 0.717) is 6.54 Å². The van der Waals surface area contributed by atoms with Crippen LogP contribution in [0.3, 0.4) is 0 Å². The molecule has 1 fully saturated rings. The number of piperidine rings is 1. The van der Waals surface area contributed by atoms with E-state index < -0.39 is 21.3 Å². The maximum Gasteiger partial charge on any atom is 0.269 e. The van der Waals surface area contributed by atoms with Crippen molar-refractivity contribution < 1.29 is 18.1 Å². The molecule has 1 aliphatic rings. The summed E-state index contributed by atoms with van der Waals surface area (Å²) in [7, 11) is -4.07. The first-order valence-corrected chi connectivity index (χ1v) is 6.30. The molecule has 0 aromatic carbocycles. The summed E-state index contributed by atoms with van der Waals surface area (Å²) in [6.07, 6.45) is 0. The summed E-state index contributed by atoms with van der Waals surface area (Å²) in [6, 6.07) is 0. The van der Waals surface area contributed by atoms with Crippen LogP contribution in [0.5, 0.6) is 0 Å². The van der Waals surface area contributed by atoms with E-state index in [0.717, 1.165) is 0 Å². The average Bonchev–Trinajstić information content (AvgIpc) is 2.02. The summed E-state index contributed by atoms with van der Waals surface area (Å²) < 4.78 is 30.6. The minimum atomic E-state index is -4.07. The van der Waals surface area contributed by atoms with Gasteiger partial charge in [0.1, 0.15) is 5.25 Å². The second-order valence-corrected chi connectivity index (χ2v) is 5.89. The summed E-state index contributed by atoms with van der Waals surface area (Å²) in [6.45, 7) is 0.533. The molecular formula is C6H12BrNO4S. The Morgan fingerprint density at radius 1 is 1.46 bits per heavy atom. The molecule has 0 amide bonds. The topological polar surface area (TPSA) is 86.6 Å². The number of halogens is 1. The van der Waals surface area contributed by atoms with Gasteiger partial charge in [0.05, 0.1) is 0 Å². The van der Waals surface area contributed by atoms with Gasteiger partial charge in [0.25, 0.3) is 10.1 Å². The Hall–Kier alpha value is 0.310. The summed E-state index contributed by atoms with van der Waals surface area (Å²) in [4.78, 5) is -0.127. The van der Waals surface area contributed by atoms with Gasteiger partial charge >= 0.3 is 0 Å². The molecule has 3 unspecified atom stereocenters. The molecule has 78 valence electrons. The minimum absolute atomic E-state index is 0.127. The van der Waals surface area contributed by atoms with Gasteiger partial charge in [-0.05, 0) is 0 Å². The molecule has 3 N–H and O–H groups in total. The minimum Gasteiger partial charge on any atom is -0.396 e. The predicted octanol–water partition coefficient (Wildman–Crippen LogP) is -0.782. The van der Waals surface area contributed by atoms with Crippen LogP contribution in [0.4, 0.5) is 0 Å². The van der Waals surface area contributed by atoms with Gasteiger partial charge in [0.2, 0.25) is 0 Å². The van der Waals surface area contributed by atoms with Gasteiger partial charge < -0.3 is 10.4 Å². The third-order valence-electron chi connectivity index (χ3n) is 2.22. The molecule has 0 spiro atoms. The molecule has 1 aliphatic heterocycles. The average molecular weight is 274 g/mol. The van der Waals surface area contributed by atoms with Gasteiger partial charge in [-0.2, -0.15) is 8.42 Å². The number of alkyl halides is 1. The Balaban J connectivity index is 2.83. The van der Waals surface area contributed by atoms with E-state index in [1.807, 2.05) is 0 Å². The van der Waals surface area contributed by atoms with Gasteiger partial charge in [0, 0.05) is 30.4 Å². The van der Waals surface area contributed by atoms with Crippen molar-refractivity contribution in [2.45, 2.75) is 10.1 Å². The Morgan fingerprint density at radius 2 is 2.08 bits per heavy atom. The predicted molar refractivity (Wildman–Crippen MR) is 51.5 cm³/mol. The molecule has 1 heterocycles. The highest BCUT2D eigenvalue weighted by atomic mass is 79.9. The highest BCUT2D eigenvalue weighted by Crippen LogP contribution is 2.23. The third-order valence-corrected chi connectivity index (χ3v) is 4.50. The van der Waals surface area contributed by atoms with Gasteiger partial charge in [-0.1, -0.05) is 15.9 Å². The Bertz CT molecular complexity index is 268. The first-order valence-electron chi connectivity index (χ1n) is 3.88. The van der Waals surface area contributed by atoms with Crippen molar-refractivity contribution in [1.29, 1.82) is 0 Å². The number of rotatable bonds is 2. The van der Waals surface area contributed by atoms with E-state index in [9.17, 15) is 8.42 Å². The summed E-state index contributed by atoms with van der Waals surface area (Å²) in [5.74, 6) is -0.448. The summed E-state index contributed by atoms with van der Waals surface area (Å²) in [5.41, 5.74) is 0. The number of aliphatic hydroxyl groups is 1. The molecule has 0 radical (unpaired) electrons. The van der Waals surface area contributed by atoms with E-state index in [2.05, 4.69) is 21.2 Å². The van der Waals surface area contributed by atoms with Gasteiger partial charge in [-0.3, -0.25) is 4.55 Å². The van der Waals surface area contributed by atoms with Crippen LogP contribution in [0, 0.1) is 5.92 Å². The first kappa shape index (κ1) is 11.4. The van der Waals surface area contributed by atoms with E-state index in [1.165, 1.54) is 0 Å². The third kappa shape index (κ3) is 2.63. The molecule has 0 aromatic heterocycles. The number of aliphatic hydroxyl groups excluding tert-OH is 1. The van der Waals surface area contributed by atoms with E-state index in [4.69, 9.17) is 9.66 Å². The fraction of sp³-hybridized carbons (Fsp3) is 1.00. The molecular weight excluding hydrogens is 262 g/mol. The van der Waals surface area contributed by atoms with Crippen molar-refractivity contribution in [2.75, 3.05) is 19.7 Å². The molecule has 5 nitrogen and oxygen atoms in total. The maximum atomic E-state index is 10.9. The van der Waals surface area contributed by atoms with E-state index in [-0.39, 0.29) is 18.0 Å². The number of hydrogen-bond acceptors (Lipinski definition) is 4. The molecule has 0 aromatic rings.